The molecule has 0 rings (SSSR count). The highest BCUT2D eigenvalue weighted by Gasteiger charge is 2.26. The predicted octanol–water partition coefficient (Wildman–Crippen LogP) is 22.8. The van der Waals surface area contributed by atoms with E-state index in [4.69, 9.17) is 24.3 Å². The van der Waals surface area contributed by atoms with Gasteiger partial charge in [-0.2, -0.15) is 0 Å². The van der Waals surface area contributed by atoms with Crippen molar-refractivity contribution in [3.05, 3.63) is 12.2 Å². The number of phosphoric acid groups is 1. The summed E-state index contributed by atoms with van der Waals surface area (Å²) in [5.74, 6) is -0.800. The topological polar surface area (TPSA) is 134 Å². The number of esters is 2. The second-order valence-corrected chi connectivity index (χ2v) is 25.6. The third-order valence-electron chi connectivity index (χ3n) is 16.2. The standard InChI is InChI=1S/C69H136NO8P/c1-3-5-7-9-11-13-15-17-19-21-23-25-26-27-28-29-30-31-32-33-34-35-36-37-38-39-40-42-44-46-48-50-52-54-56-58-60-62-69(72)78-67(66-77-79(73,74)76-64-63-70)65-75-68(71)61-59-57-55-53-51-49-47-45-43-41-24-22-20-18-16-14-12-10-8-6-4-2/h21,23,67H,3-20,22,24-66,70H2,1-2H3,(H,73,74)/b23-21-. The molecule has 0 spiro atoms. The average molecular weight is 1140 g/mol. The zero-order valence-corrected chi connectivity index (χ0v) is 53.8. The molecule has 0 aromatic carbocycles. The van der Waals surface area contributed by atoms with Crippen molar-refractivity contribution < 1.29 is 37.6 Å². The molecular formula is C69H136NO8P. The minimum absolute atomic E-state index is 0.0581. The second kappa shape index (κ2) is 65.9. The van der Waals surface area contributed by atoms with Crippen LogP contribution in [-0.4, -0.2) is 49.3 Å². The van der Waals surface area contributed by atoms with Crippen LogP contribution in [0.2, 0.25) is 0 Å². The molecule has 0 aromatic rings. The van der Waals surface area contributed by atoms with Gasteiger partial charge < -0.3 is 20.1 Å². The maximum atomic E-state index is 12.8. The maximum Gasteiger partial charge on any atom is 0.472 e. The number of nitrogens with two attached hydrogens (primary N) is 1. The van der Waals surface area contributed by atoms with Gasteiger partial charge >= 0.3 is 19.8 Å². The normalized spacial score (nSPS) is 12.9. The molecule has 2 unspecified atom stereocenters. The Kier molecular flexibility index (Phi) is 64.9. The second-order valence-electron chi connectivity index (χ2n) is 24.1. The number of hydrogen-bond donors (Lipinski definition) is 2. The van der Waals surface area contributed by atoms with Gasteiger partial charge in [0.1, 0.15) is 6.61 Å². The number of phosphoric ester groups is 1. The Hall–Kier alpha value is -1.25. The first kappa shape index (κ1) is 77.8. The first-order valence-corrected chi connectivity index (χ1v) is 36.7. The number of carbonyl (C=O) groups is 2. The van der Waals surface area contributed by atoms with Gasteiger partial charge in [0.25, 0.3) is 0 Å². The molecule has 0 aliphatic carbocycles. The maximum absolute atomic E-state index is 12.8. The van der Waals surface area contributed by atoms with Crippen molar-refractivity contribution in [3.63, 3.8) is 0 Å². The van der Waals surface area contributed by atoms with E-state index in [1.807, 2.05) is 0 Å². The molecule has 0 amide bonds. The molecule has 0 aliphatic rings. The van der Waals surface area contributed by atoms with E-state index in [-0.39, 0.29) is 38.6 Å². The summed E-state index contributed by atoms with van der Waals surface area (Å²) in [6.45, 7) is 3.83. The number of hydrogen-bond acceptors (Lipinski definition) is 8. The van der Waals surface area contributed by atoms with Crippen LogP contribution < -0.4 is 5.73 Å². The lowest BCUT2D eigenvalue weighted by Gasteiger charge is -2.19. The number of carbonyl (C=O) groups excluding carboxylic acids is 2. The lowest BCUT2D eigenvalue weighted by Crippen LogP contribution is -2.29. The molecule has 79 heavy (non-hydrogen) atoms. The Morgan fingerprint density at radius 3 is 0.899 bits per heavy atom. The number of allylic oxidation sites excluding steroid dienone is 2. The molecule has 10 heteroatoms. The summed E-state index contributed by atoms with van der Waals surface area (Å²) in [4.78, 5) is 35.3. The van der Waals surface area contributed by atoms with Gasteiger partial charge in [-0.3, -0.25) is 18.6 Å². The van der Waals surface area contributed by atoms with Crippen molar-refractivity contribution in [2.45, 2.75) is 392 Å². The molecule has 0 aromatic heterocycles. The Morgan fingerprint density at radius 1 is 0.367 bits per heavy atom. The highest BCUT2D eigenvalue weighted by molar-refractivity contribution is 7.47. The van der Waals surface area contributed by atoms with E-state index in [1.165, 1.54) is 321 Å². The van der Waals surface area contributed by atoms with Gasteiger partial charge in [-0.05, 0) is 38.5 Å². The van der Waals surface area contributed by atoms with Crippen LogP contribution >= 0.6 is 7.82 Å². The fourth-order valence-corrected chi connectivity index (χ4v) is 11.7. The van der Waals surface area contributed by atoms with Gasteiger partial charge in [0.2, 0.25) is 0 Å². The highest BCUT2D eigenvalue weighted by atomic mass is 31.2. The van der Waals surface area contributed by atoms with Crippen LogP contribution in [-0.2, 0) is 32.7 Å². The van der Waals surface area contributed by atoms with E-state index in [0.29, 0.717) is 6.42 Å². The van der Waals surface area contributed by atoms with Crippen molar-refractivity contribution in [2.75, 3.05) is 26.4 Å². The Bertz CT molecular complexity index is 1300. The molecule has 3 N–H and O–H groups in total. The van der Waals surface area contributed by atoms with Crippen LogP contribution in [0.15, 0.2) is 12.2 Å². The lowest BCUT2D eigenvalue weighted by molar-refractivity contribution is -0.161. The van der Waals surface area contributed by atoms with Crippen LogP contribution in [0.1, 0.15) is 386 Å². The SMILES string of the molecule is CCCCCCCCCC/C=C\CCCCCCCCCCCCCCCCCCCCCCCCCCCC(=O)OC(COC(=O)CCCCCCCCCCCCCCCCCCCCCCC)COP(=O)(O)OCCN. The Morgan fingerprint density at radius 2 is 0.620 bits per heavy atom. The first-order valence-electron chi connectivity index (χ1n) is 35.2. The zero-order chi connectivity index (χ0) is 57.3. The van der Waals surface area contributed by atoms with E-state index in [0.717, 1.165) is 32.1 Å². The molecule has 9 nitrogen and oxygen atoms in total. The van der Waals surface area contributed by atoms with Crippen molar-refractivity contribution in [3.8, 4) is 0 Å². The Labute approximate surface area is 491 Å². The number of ether oxygens (including phenoxy) is 2. The fraction of sp³-hybridized carbons (Fsp3) is 0.942. The summed E-state index contributed by atoms with van der Waals surface area (Å²) in [5.41, 5.74) is 5.40. The lowest BCUT2D eigenvalue weighted by atomic mass is 10.0. The quantitative estimate of drug-likeness (QED) is 0.0264. The summed E-state index contributed by atoms with van der Waals surface area (Å²) >= 11 is 0. The van der Waals surface area contributed by atoms with Gasteiger partial charge in [0.05, 0.1) is 13.2 Å². The zero-order valence-electron chi connectivity index (χ0n) is 52.9. The molecule has 0 saturated carbocycles. The van der Waals surface area contributed by atoms with E-state index < -0.39 is 26.5 Å². The van der Waals surface area contributed by atoms with Crippen LogP contribution in [0.5, 0.6) is 0 Å². The summed E-state index contributed by atoms with van der Waals surface area (Å²) in [7, 11) is -4.39. The third kappa shape index (κ3) is 65.8. The molecule has 470 valence electrons. The molecule has 0 heterocycles. The van der Waals surface area contributed by atoms with Crippen molar-refractivity contribution in [1.29, 1.82) is 0 Å². The Balaban J connectivity index is 3.76. The van der Waals surface area contributed by atoms with Crippen molar-refractivity contribution in [1.82, 2.24) is 0 Å². The van der Waals surface area contributed by atoms with Gasteiger partial charge in [-0.25, -0.2) is 4.57 Å². The monoisotopic (exact) mass is 1140 g/mol. The van der Waals surface area contributed by atoms with E-state index in [9.17, 15) is 19.0 Å². The fourth-order valence-electron chi connectivity index (χ4n) is 10.9. The van der Waals surface area contributed by atoms with E-state index in [2.05, 4.69) is 26.0 Å². The van der Waals surface area contributed by atoms with Gasteiger partial charge in [0, 0.05) is 19.4 Å². The average Bonchev–Trinajstić information content (AvgIpc) is 3.44. The van der Waals surface area contributed by atoms with E-state index in [1.54, 1.807) is 0 Å². The molecule has 0 aliphatic heterocycles. The minimum Gasteiger partial charge on any atom is -0.462 e. The minimum atomic E-state index is -4.39. The number of rotatable bonds is 68. The van der Waals surface area contributed by atoms with Gasteiger partial charge in [-0.1, -0.05) is 347 Å². The molecule has 2 atom stereocenters. The van der Waals surface area contributed by atoms with Crippen LogP contribution in [0.4, 0.5) is 0 Å². The van der Waals surface area contributed by atoms with Crippen molar-refractivity contribution >= 4 is 19.8 Å². The van der Waals surface area contributed by atoms with Crippen LogP contribution in [0.25, 0.3) is 0 Å². The summed E-state index contributed by atoms with van der Waals surface area (Å²) in [5, 5.41) is 0. The molecular weight excluding hydrogens is 1000 g/mol. The van der Waals surface area contributed by atoms with Crippen molar-refractivity contribution in [2.24, 2.45) is 5.73 Å². The summed E-state index contributed by atoms with van der Waals surface area (Å²) in [6, 6.07) is 0. The van der Waals surface area contributed by atoms with E-state index >= 15 is 0 Å². The largest absolute Gasteiger partial charge is 0.472 e. The molecule has 0 saturated heterocycles. The molecule has 0 radical (unpaired) electrons. The first-order chi connectivity index (χ1) is 38.8. The van der Waals surface area contributed by atoms with Crippen LogP contribution in [0.3, 0.4) is 0 Å². The summed E-state index contributed by atoms with van der Waals surface area (Å²) < 4.78 is 33.2. The predicted molar refractivity (Wildman–Crippen MR) is 340 cm³/mol. The molecule has 0 bridgehead atoms. The smallest absolute Gasteiger partial charge is 0.462 e. The third-order valence-corrected chi connectivity index (χ3v) is 17.1. The van der Waals surface area contributed by atoms with Gasteiger partial charge in [0.15, 0.2) is 6.10 Å². The number of unbranched alkanes of at least 4 members (excludes halogenated alkanes) is 53. The summed E-state index contributed by atoms with van der Waals surface area (Å²) in [6.07, 6.45) is 79.0. The van der Waals surface area contributed by atoms with Gasteiger partial charge in [-0.15, -0.1) is 0 Å². The van der Waals surface area contributed by atoms with Crippen LogP contribution in [0, 0.1) is 0 Å². The molecule has 0 fully saturated rings. The highest BCUT2D eigenvalue weighted by Crippen LogP contribution is 2.43.